The molecule has 8 heteroatoms. The van der Waals surface area contributed by atoms with Crippen LogP contribution in [-0.2, 0) is 9.47 Å². The van der Waals surface area contributed by atoms with Gasteiger partial charge < -0.3 is 9.47 Å². The van der Waals surface area contributed by atoms with E-state index in [2.05, 4.69) is 9.97 Å². The Balaban J connectivity index is 1.87. The van der Waals surface area contributed by atoms with Crippen molar-refractivity contribution in [2.24, 2.45) is 0 Å². The standard InChI is InChI=1S/C16H22N4O4/c1-15(2,23-13(21)19-9-7-17-11-19)5-6-16(3,4)24-14(22)20-10-8-18-12-20/h7-12H,5-6H2,1-4H3. The first-order valence-electron chi connectivity index (χ1n) is 7.61. The van der Waals surface area contributed by atoms with Gasteiger partial charge in [0.25, 0.3) is 0 Å². The third-order valence-corrected chi connectivity index (χ3v) is 3.49. The van der Waals surface area contributed by atoms with Crippen molar-refractivity contribution in [3.8, 4) is 0 Å². The van der Waals surface area contributed by atoms with Crippen molar-refractivity contribution in [3.05, 3.63) is 37.4 Å². The first-order chi connectivity index (χ1) is 11.2. The molecular formula is C16H22N4O4. The summed E-state index contributed by atoms with van der Waals surface area (Å²) in [6, 6.07) is 0. The van der Waals surface area contributed by atoms with Gasteiger partial charge in [0.1, 0.15) is 23.9 Å². The van der Waals surface area contributed by atoms with Gasteiger partial charge in [-0.1, -0.05) is 0 Å². The summed E-state index contributed by atoms with van der Waals surface area (Å²) >= 11 is 0. The van der Waals surface area contributed by atoms with Gasteiger partial charge in [-0.15, -0.1) is 0 Å². The van der Waals surface area contributed by atoms with Crippen molar-refractivity contribution in [2.75, 3.05) is 0 Å². The second-order valence-electron chi connectivity index (χ2n) is 6.70. The number of nitrogens with zero attached hydrogens (tertiary/aromatic N) is 4. The molecule has 0 saturated heterocycles. The number of ether oxygens (including phenoxy) is 2. The van der Waals surface area contributed by atoms with E-state index in [-0.39, 0.29) is 0 Å². The van der Waals surface area contributed by atoms with Crippen molar-refractivity contribution >= 4 is 12.2 Å². The monoisotopic (exact) mass is 334 g/mol. The predicted octanol–water partition coefficient (Wildman–Crippen LogP) is 3.09. The molecule has 0 aliphatic carbocycles. The van der Waals surface area contributed by atoms with Gasteiger partial charge in [0.05, 0.1) is 0 Å². The van der Waals surface area contributed by atoms with Crippen LogP contribution in [0.4, 0.5) is 9.59 Å². The topological polar surface area (TPSA) is 88.2 Å². The fourth-order valence-corrected chi connectivity index (χ4v) is 2.02. The highest BCUT2D eigenvalue weighted by Gasteiger charge is 2.30. The molecular weight excluding hydrogens is 312 g/mol. The molecule has 2 heterocycles. The van der Waals surface area contributed by atoms with Gasteiger partial charge in [-0.2, -0.15) is 0 Å². The molecule has 0 spiro atoms. The van der Waals surface area contributed by atoms with Crippen LogP contribution >= 0.6 is 0 Å². The molecule has 24 heavy (non-hydrogen) atoms. The largest absolute Gasteiger partial charge is 0.443 e. The molecule has 0 fully saturated rings. The average Bonchev–Trinajstić information content (AvgIpc) is 3.17. The molecule has 0 bridgehead atoms. The molecule has 0 amide bonds. The lowest BCUT2D eigenvalue weighted by Gasteiger charge is -2.30. The van der Waals surface area contributed by atoms with Crippen molar-refractivity contribution in [1.82, 2.24) is 19.1 Å². The summed E-state index contributed by atoms with van der Waals surface area (Å²) in [7, 11) is 0. The van der Waals surface area contributed by atoms with Crippen LogP contribution in [0.3, 0.4) is 0 Å². The molecule has 0 aliphatic heterocycles. The van der Waals surface area contributed by atoms with Crippen LogP contribution in [0.5, 0.6) is 0 Å². The average molecular weight is 334 g/mol. The number of carbonyl (C=O) groups is 2. The minimum absolute atomic E-state index is 0.495. The zero-order valence-electron chi connectivity index (χ0n) is 14.3. The van der Waals surface area contributed by atoms with E-state index in [1.54, 1.807) is 0 Å². The normalized spacial score (nSPS) is 12.0. The van der Waals surface area contributed by atoms with Crippen LogP contribution in [0.25, 0.3) is 0 Å². The minimum Gasteiger partial charge on any atom is -0.443 e. The highest BCUT2D eigenvalue weighted by atomic mass is 16.6. The third kappa shape index (κ3) is 4.94. The van der Waals surface area contributed by atoms with Crippen LogP contribution in [0.2, 0.25) is 0 Å². The number of hydrogen-bond acceptors (Lipinski definition) is 6. The molecule has 0 aliphatic rings. The van der Waals surface area contributed by atoms with Crippen molar-refractivity contribution in [1.29, 1.82) is 0 Å². The molecule has 0 unspecified atom stereocenters. The Labute approximate surface area is 140 Å². The van der Waals surface area contributed by atoms with Gasteiger partial charge in [-0.3, -0.25) is 0 Å². The summed E-state index contributed by atoms with van der Waals surface area (Å²) in [4.78, 5) is 31.6. The molecule has 2 rings (SSSR count). The first kappa shape index (κ1) is 17.7. The molecule has 0 aromatic carbocycles. The quantitative estimate of drug-likeness (QED) is 0.835. The SMILES string of the molecule is CC(C)(CCC(C)(C)OC(=O)n1ccnc1)OC(=O)n1ccnc1. The van der Waals surface area contributed by atoms with Gasteiger partial charge in [-0.25, -0.2) is 28.7 Å². The molecule has 8 nitrogen and oxygen atoms in total. The number of imidazole rings is 2. The maximum Gasteiger partial charge on any atom is 0.419 e. The number of hydrogen-bond donors (Lipinski definition) is 0. The smallest absolute Gasteiger partial charge is 0.419 e. The van der Waals surface area contributed by atoms with Gasteiger partial charge in [0.2, 0.25) is 0 Å². The highest BCUT2D eigenvalue weighted by molar-refractivity contribution is 5.71. The lowest BCUT2D eigenvalue weighted by atomic mass is 9.94. The Kier molecular flexibility index (Phi) is 5.06. The summed E-state index contributed by atoms with van der Waals surface area (Å²) in [6.45, 7) is 7.26. The zero-order chi connectivity index (χ0) is 17.8. The Morgan fingerprint density at radius 1 is 0.833 bits per heavy atom. The molecule has 130 valence electrons. The van der Waals surface area contributed by atoms with E-state index in [1.807, 2.05) is 27.7 Å². The van der Waals surface area contributed by atoms with E-state index in [0.29, 0.717) is 12.8 Å². The Bertz CT molecular complexity index is 615. The highest BCUT2D eigenvalue weighted by Crippen LogP contribution is 2.25. The Morgan fingerprint density at radius 3 is 1.50 bits per heavy atom. The maximum atomic E-state index is 12.0. The van der Waals surface area contributed by atoms with E-state index >= 15 is 0 Å². The van der Waals surface area contributed by atoms with Crippen LogP contribution in [-0.4, -0.2) is 42.5 Å². The predicted molar refractivity (Wildman–Crippen MR) is 85.6 cm³/mol. The summed E-state index contributed by atoms with van der Waals surface area (Å²) in [5.74, 6) is 0. The molecule has 0 saturated carbocycles. The van der Waals surface area contributed by atoms with Crippen LogP contribution in [0.1, 0.15) is 40.5 Å². The summed E-state index contributed by atoms with van der Waals surface area (Å²) < 4.78 is 13.5. The summed E-state index contributed by atoms with van der Waals surface area (Å²) in [5, 5.41) is 0. The van der Waals surface area contributed by atoms with Crippen LogP contribution < -0.4 is 0 Å². The van der Waals surface area contributed by atoms with E-state index in [9.17, 15) is 9.59 Å². The molecule has 0 radical (unpaired) electrons. The molecule has 2 aromatic heterocycles. The van der Waals surface area contributed by atoms with E-state index in [0.717, 1.165) is 0 Å². The number of rotatable bonds is 5. The fourth-order valence-electron chi connectivity index (χ4n) is 2.02. The lowest BCUT2D eigenvalue weighted by Crippen LogP contribution is -2.35. The van der Waals surface area contributed by atoms with Crippen LogP contribution in [0.15, 0.2) is 37.4 Å². The lowest BCUT2D eigenvalue weighted by molar-refractivity contribution is -0.00739. The minimum atomic E-state index is -0.708. The summed E-state index contributed by atoms with van der Waals surface area (Å²) in [5.41, 5.74) is -1.42. The fraction of sp³-hybridized carbons (Fsp3) is 0.500. The van der Waals surface area contributed by atoms with Gasteiger partial charge in [0, 0.05) is 24.8 Å². The zero-order valence-corrected chi connectivity index (χ0v) is 14.3. The number of aromatic nitrogens is 4. The molecule has 0 N–H and O–H groups in total. The number of carbonyl (C=O) groups excluding carboxylic acids is 2. The third-order valence-electron chi connectivity index (χ3n) is 3.49. The van der Waals surface area contributed by atoms with E-state index < -0.39 is 23.4 Å². The Hall–Kier alpha value is -2.64. The van der Waals surface area contributed by atoms with E-state index in [4.69, 9.17) is 9.47 Å². The van der Waals surface area contributed by atoms with Gasteiger partial charge >= 0.3 is 12.2 Å². The van der Waals surface area contributed by atoms with Gasteiger partial charge in [0.15, 0.2) is 0 Å². The second kappa shape index (κ2) is 6.86. The summed E-state index contributed by atoms with van der Waals surface area (Å²) in [6.07, 6.45) is 8.89. The molecule has 0 atom stereocenters. The first-order valence-corrected chi connectivity index (χ1v) is 7.61. The van der Waals surface area contributed by atoms with Crippen molar-refractivity contribution in [2.45, 2.75) is 51.7 Å². The second-order valence-corrected chi connectivity index (χ2v) is 6.70. The van der Waals surface area contributed by atoms with Crippen LogP contribution in [0, 0.1) is 0 Å². The van der Waals surface area contributed by atoms with E-state index in [1.165, 1.54) is 46.6 Å². The maximum absolute atomic E-state index is 12.0. The van der Waals surface area contributed by atoms with Crippen molar-refractivity contribution in [3.63, 3.8) is 0 Å². The van der Waals surface area contributed by atoms with Crippen molar-refractivity contribution < 1.29 is 19.1 Å². The van der Waals surface area contributed by atoms with Gasteiger partial charge in [-0.05, 0) is 40.5 Å². The molecule has 2 aromatic rings. The Morgan fingerprint density at radius 2 is 1.21 bits per heavy atom.